The third kappa shape index (κ3) is 10.4. The van der Waals surface area contributed by atoms with Crippen molar-refractivity contribution >= 4 is 10.1 Å². The standard InChI is InChI=1S/C22H22.C4H10O4S/c1-17-3-7-19(8-4-17)15-21-11-13-22(14-12-21)16-20-9-5-18(2)6-10-20;1-8-3-2-4-9(5,6)7/h3-14H,15-16H2,1-2H3;2-4H2,1H3,(H,5,6,7). The van der Waals surface area contributed by atoms with E-state index in [2.05, 4.69) is 91.4 Å². The first-order chi connectivity index (χ1) is 14.7. The van der Waals surface area contributed by atoms with Crippen LogP contribution in [-0.4, -0.2) is 32.4 Å². The van der Waals surface area contributed by atoms with Gasteiger partial charge in [0.1, 0.15) is 0 Å². The number of aryl methyl sites for hydroxylation is 2. The average molecular weight is 441 g/mol. The summed E-state index contributed by atoms with van der Waals surface area (Å²) in [6, 6.07) is 26.6. The predicted molar refractivity (Wildman–Crippen MR) is 127 cm³/mol. The summed E-state index contributed by atoms with van der Waals surface area (Å²) < 4.78 is 32.7. The van der Waals surface area contributed by atoms with Crippen molar-refractivity contribution in [3.63, 3.8) is 0 Å². The van der Waals surface area contributed by atoms with Crippen LogP contribution in [0.15, 0.2) is 72.8 Å². The van der Waals surface area contributed by atoms with E-state index >= 15 is 0 Å². The molecule has 3 aromatic carbocycles. The van der Waals surface area contributed by atoms with Gasteiger partial charge >= 0.3 is 0 Å². The second-order valence-electron chi connectivity index (χ2n) is 7.77. The molecule has 3 rings (SSSR count). The molecule has 0 aliphatic carbocycles. The van der Waals surface area contributed by atoms with E-state index in [0.717, 1.165) is 12.8 Å². The predicted octanol–water partition coefficient (Wildman–Crippen LogP) is 5.40. The van der Waals surface area contributed by atoms with E-state index in [-0.39, 0.29) is 5.75 Å². The van der Waals surface area contributed by atoms with Gasteiger partial charge in [-0.15, -0.1) is 0 Å². The van der Waals surface area contributed by atoms with E-state index in [9.17, 15) is 8.42 Å². The van der Waals surface area contributed by atoms with Gasteiger partial charge in [0.05, 0.1) is 5.75 Å². The van der Waals surface area contributed by atoms with Crippen molar-refractivity contribution < 1.29 is 17.7 Å². The lowest BCUT2D eigenvalue weighted by Crippen LogP contribution is -2.05. The van der Waals surface area contributed by atoms with Crippen molar-refractivity contribution in [3.05, 3.63) is 106 Å². The van der Waals surface area contributed by atoms with Gasteiger partial charge in [0.25, 0.3) is 10.1 Å². The van der Waals surface area contributed by atoms with Gasteiger partial charge in [0.2, 0.25) is 0 Å². The zero-order chi connectivity index (χ0) is 22.7. The number of ether oxygens (including phenoxy) is 1. The number of rotatable bonds is 8. The highest BCUT2D eigenvalue weighted by Crippen LogP contribution is 2.15. The molecule has 0 aliphatic heterocycles. The van der Waals surface area contributed by atoms with E-state index in [1.54, 1.807) is 0 Å². The van der Waals surface area contributed by atoms with Crippen LogP contribution >= 0.6 is 0 Å². The summed E-state index contributed by atoms with van der Waals surface area (Å²) in [6.45, 7) is 4.62. The second-order valence-corrected chi connectivity index (χ2v) is 9.35. The summed E-state index contributed by atoms with van der Waals surface area (Å²) in [6.07, 6.45) is 2.35. The first-order valence-corrected chi connectivity index (χ1v) is 12.0. The Hall–Kier alpha value is -2.47. The lowest BCUT2D eigenvalue weighted by Gasteiger charge is -2.06. The molecule has 0 spiro atoms. The minimum absolute atomic E-state index is 0.221. The molecule has 0 bridgehead atoms. The van der Waals surface area contributed by atoms with Crippen LogP contribution in [0.2, 0.25) is 0 Å². The highest BCUT2D eigenvalue weighted by Gasteiger charge is 2.02. The zero-order valence-electron chi connectivity index (χ0n) is 18.5. The van der Waals surface area contributed by atoms with Gasteiger partial charge in [-0.2, -0.15) is 8.42 Å². The molecule has 0 atom stereocenters. The maximum atomic E-state index is 10.0. The number of methoxy groups -OCH3 is 1. The zero-order valence-corrected chi connectivity index (χ0v) is 19.4. The smallest absolute Gasteiger partial charge is 0.264 e. The molecule has 0 saturated carbocycles. The van der Waals surface area contributed by atoms with Crippen LogP contribution in [-0.2, 0) is 27.7 Å². The third-order valence-electron chi connectivity index (χ3n) is 4.83. The first-order valence-electron chi connectivity index (χ1n) is 10.4. The van der Waals surface area contributed by atoms with Gasteiger partial charge in [-0.25, -0.2) is 0 Å². The number of benzene rings is 3. The van der Waals surface area contributed by atoms with E-state index in [1.165, 1.54) is 40.5 Å². The largest absolute Gasteiger partial charge is 0.385 e. The maximum Gasteiger partial charge on any atom is 0.264 e. The van der Waals surface area contributed by atoms with E-state index in [1.807, 2.05) is 0 Å². The Morgan fingerprint density at radius 2 is 1.00 bits per heavy atom. The van der Waals surface area contributed by atoms with Gasteiger partial charge in [-0.05, 0) is 55.4 Å². The van der Waals surface area contributed by atoms with Gasteiger partial charge in [-0.3, -0.25) is 4.55 Å². The summed E-state index contributed by atoms with van der Waals surface area (Å²) in [5, 5.41) is 0. The normalized spacial score (nSPS) is 11.0. The Kier molecular flexibility index (Phi) is 9.92. The van der Waals surface area contributed by atoms with Crippen molar-refractivity contribution in [2.45, 2.75) is 33.1 Å². The Morgan fingerprint density at radius 1 is 0.677 bits per heavy atom. The van der Waals surface area contributed by atoms with Crippen molar-refractivity contribution in [3.8, 4) is 0 Å². The van der Waals surface area contributed by atoms with E-state index in [4.69, 9.17) is 4.55 Å². The van der Waals surface area contributed by atoms with Crippen LogP contribution in [0.25, 0.3) is 0 Å². The van der Waals surface area contributed by atoms with Crippen LogP contribution in [0, 0.1) is 13.8 Å². The fourth-order valence-electron chi connectivity index (χ4n) is 3.04. The van der Waals surface area contributed by atoms with Gasteiger partial charge in [0.15, 0.2) is 0 Å². The van der Waals surface area contributed by atoms with Crippen molar-refractivity contribution in [1.29, 1.82) is 0 Å². The molecule has 31 heavy (non-hydrogen) atoms. The van der Waals surface area contributed by atoms with Crippen molar-refractivity contribution in [1.82, 2.24) is 0 Å². The summed E-state index contributed by atoms with van der Waals surface area (Å²) in [4.78, 5) is 0. The molecular weight excluding hydrogens is 408 g/mol. The molecule has 0 amide bonds. The fourth-order valence-corrected chi connectivity index (χ4v) is 3.53. The molecule has 0 unspecified atom stereocenters. The summed E-state index contributed by atoms with van der Waals surface area (Å²) >= 11 is 0. The van der Waals surface area contributed by atoms with Crippen molar-refractivity contribution in [2.75, 3.05) is 19.5 Å². The summed E-state index contributed by atoms with van der Waals surface area (Å²) in [5.41, 5.74) is 8.12. The molecule has 0 aliphatic rings. The van der Waals surface area contributed by atoms with Gasteiger partial charge < -0.3 is 4.74 Å². The average Bonchev–Trinajstić information content (AvgIpc) is 2.73. The highest BCUT2D eigenvalue weighted by atomic mass is 32.2. The lowest BCUT2D eigenvalue weighted by molar-refractivity contribution is 0.199. The first kappa shape index (κ1) is 24.8. The molecule has 1 N–H and O–H groups in total. The molecule has 0 heterocycles. The molecular formula is C26H32O4S. The SMILES string of the molecule is COCCCS(=O)(=O)O.Cc1ccc(Cc2ccc(Cc3ccc(C)cc3)cc2)cc1. The molecule has 166 valence electrons. The molecule has 0 aromatic heterocycles. The van der Waals surface area contributed by atoms with E-state index in [0.29, 0.717) is 13.0 Å². The molecule has 4 nitrogen and oxygen atoms in total. The molecule has 0 radical (unpaired) electrons. The Balaban J connectivity index is 0.000000323. The van der Waals surface area contributed by atoms with Crippen molar-refractivity contribution in [2.24, 2.45) is 0 Å². The Labute approximate surface area is 186 Å². The van der Waals surface area contributed by atoms with Crippen LogP contribution in [0.1, 0.15) is 39.8 Å². The van der Waals surface area contributed by atoms with Crippen LogP contribution in [0.3, 0.4) is 0 Å². The monoisotopic (exact) mass is 440 g/mol. The van der Waals surface area contributed by atoms with Gasteiger partial charge in [0, 0.05) is 13.7 Å². The highest BCUT2D eigenvalue weighted by molar-refractivity contribution is 7.85. The maximum absolute atomic E-state index is 10.0. The van der Waals surface area contributed by atoms with Crippen LogP contribution < -0.4 is 0 Å². The lowest BCUT2D eigenvalue weighted by atomic mass is 9.99. The number of hydrogen-bond donors (Lipinski definition) is 1. The van der Waals surface area contributed by atoms with Gasteiger partial charge in [-0.1, -0.05) is 83.9 Å². The Bertz CT molecular complexity index is 940. The minimum atomic E-state index is -3.78. The van der Waals surface area contributed by atoms with Crippen LogP contribution in [0.5, 0.6) is 0 Å². The second kappa shape index (κ2) is 12.4. The quantitative estimate of drug-likeness (QED) is 0.376. The third-order valence-corrected chi connectivity index (χ3v) is 5.64. The fraction of sp³-hybridized carbons (Fsp3) is 0.308. The molecule has 3 aromatic rings. The molecule has 5 heteroatoms. The molecule has 0 fully saturated rings. The minimum Gasteiger partial charge on any atom is -0.385 e. The summed E-state index contributed by atoms with van der Waals surface area (Å²) in [7, 11) is -2.30. The van der Waals surface area contributed by atoms with Crippen LogP contribution in [0.4, 0.5) is 0 Å². The number of hydrogen-bond acceptors (Lipinski definition) is 3. The van der Waals surface area contributed by atoms with E-state index < -0.39 is 10.1 Å². The topological polar surface area (TPSA) is 63.6 Å². The summed E-state index contributed by atoms with van der Waals surface area (Å²) in [5.74, 6) is -0.221. The molecule has 0 saturated heterocycles. The Morgan fingerprint density at radius 3 is 1.29 bits per heavy atom.